The first kappa shape index (κ1) is 44.2. The van der Waals surface area contributed by atoms with E-state index in [0.29, 0.717) is 0 Å². The second-order valence-corrected chi connectivity index (χ2v) is 22.9. The molecule has 1 aromatic heterocycles. The Labute approximate surface area is 425 Å². The topological polar surface area (TPSA) is 22.9 Å². The second-order valence-electron chi connectivity index (χ2n) is 22.9. The standard InChI is InChI=1S/C67H60BN3O/c1-43-37-59-64-60(38-43)71(56-28-20-30-62-63(56)49-27-18-19-29-61(49)72-62)58-42-52-51(66(5,6)35-36-67(52,7)8)41-54(58)68(64)53-33-32-48(69(46-23-14-10-15-24-46)47-25-16-11-17-26-47)40-57(53)70(59)55-34-31-45(65(2,3)4)39-50(55)44-21-12-9-13-22-44/h9-34,37-42H,35-36H2,1-8H3. The van der Waals surface area contributed by atoms with Crippen molar-refractivity contribution < 1.29 is 4.42 Å². The van der Waals surface area contributed by atoms with Crippen LogP contribution in [0.1, 0.15) is 83.6 Å². The fourth-order valence-corrected chi connectivity index (χ4v) is 12.4. The fraction of sp³-hybridized carbons (Fsp3) is 0.194. The van der Waals surface area contributed by atoms with Crippen LogP contribution in [0, 0.1) is 6.92 Å². The summed E-state index contributed by atoms with van der Waals surface area (Å²) in [5.74, 6) is 0. The maximum atomic E-state index is 6.68. The van der Waals surface area contributed by atoms with Crippen molar-refractivity contribution in [1.82, 2.24) is 0 Å². The Balaban J connectivity index is 1.17. The summed E-state index contributed by atoms with van der Waals surface area (Å²) >= 11 is 0. The number of nitrogens with zero attached hydrogens (tertiary/aromatic N) is 3. The van der Waals surface area contributed by atoms with E-state index in [4.69, 9.17) is 4.42 Å². The molecule has 13 rings (SSSR count). The lowest BCUT2D eigenvalue weighted by Crippen LogP contribution is -2.62. The zero-order valence-electron chi connectivity index (χ0n) is 42.7. The molecule has 0 fully saturated rings. The minimum atomic E-state index is -0.0653. The summed E-state index contributed by atoms with van der Waals surface area (Å²) in [6.07, 6.45) is 2.27. The molecule has 0 bridgehead atoms. The Morgan fingerprint density at radius 3 is 1.74 bits per heavy atom. The molecule has 0 unspecified atom stereocenters. The minimum Gasteiger partial charge on any atom is -0.456 e. The number of furan rings is 1. The molecule has 0 spiro atoms. The van der Waals surface area contributed by atoms with E-state index in [1.807, 2.05) is 0 Å². The molecule has 5 heteroatoms. The van der Waals surface area contributed by atoms with Crippen LogP contribution in [0.15, 0.2) is 199 Å². The third-order valence-corrected chi connectivity index (χ3v) is 16.3. The van der Waals surface area contributed by atoms with Gasteiger partial charge in [-0.1, -0.05) is 158 Å². The van der Waals surface area contributed by atoms with Crippen LogP contribution in [-0.2, 0) is 16.2 Å². The molecule has 0 radical (unpaired) electrons. The van der Waals surface area contributed by atoms with Gasteiger partial charge in [0.1, 0.15) is 11.2 Å². The van der Waals surface area contributed by atoms with Gasteiger partial charge in [0.05, 0.1) is 16.8 Å². The molecule has 3 aliphatic rings. The van der Waals surface area contributed by atoms with Gasteiger partial charge in [0.2, 0.25) is 0 Å². The van der Waals surface area contributed by atoms with Crippen LogP contribution in [0.5, 0.6) is 0 Å². The largest absolute Gasteiger partial charge is 0.456 e. The van der Waals surface area contributed by atoms with E-state index in [2.05, 4.69) is 264 Å². The lowest BCUT2D eigenvalue weighted by atomic mass is 9.33. The van der Waals surface area contributed by atoms with Crippen molar-refractivity contribution in [3.63, 3.8) is 0 Å². The Morgan fingerprint density at radius 1 is 0.486 bits per heavy atom. The van der Waals surface area contributed by atoms with Crippen LogP contribution in [0.25, 0.3) is 33.1 Å². The van der Waals surface area contributed by atoms with Crippen molar-refractivity contribution in [3.05, 3.63) is 216 Å². The number of hydrogen-bond donors (Lipinski definition) is 0. The molecular formula is C67H60BN3O. The molecule has 0 amide bonds. The van der Waals surface area contributed by atoms with E-state index >= 15 is 0 Å². The van der Waals surface area contributed by atoms with Crippen molar-refractivity contribution in [2.24, 2.45) is 0 Å². The van der Waals surface area contributed by atoms with E-state index in [9.17, 15) is 0 Å². The van der Waals surface area contributed by atoms with E-state index in [0.717, 1.165) is 63.2 Å². The number of anilines is 9. The van der Waals surface area contributed by atoms with Crippen LogP contribution in [0.4, 0.5) is 51.2 Å². The third kappa shape index (κ3) is 6.88. The zero-order chi connectivity index (χ0) is 49.3. The smallest absolute Gasteiger partial charge is 0.252 e. The zero-order valence-corrected chi connectivity index (χ0v) is 42.7. The second kappa shape index (κ2) is 16.1. The summed E-state index contributed by atoms with van der Waals surface area (Å²) < 4.78 is 6.68. The number of benzene rings is 9. The first-order valence-corrected chi connectivity index (χ1v) is 25.8. The Morgan fingerprint density at radius 2 is 1.07 bits per heavy atom. The molecule has 352 valence electrons. The molecule has 0 atom stereocenters. The molecular weight excluding hydrogens is 874 g/mol. The third-order valence-electron chi connectivity index (χ3n) is 16.3. The SMILES string of the molecule is Cc1cc2c3c(c1)N(c1cccc4oc5ccccc5c14)c1cc4c(cc1B3c1ccc(N(c3ccccc3)c3ccccc3)cc1N2c1ccc(C(C)(C)C)cc1-c1ccccc1)C(C)(C)CCC4(C)C. The molecule has 2 aliphatic heterocycles. The van der Waals surface area contributed by atoms with Crippen LogP contribution in [0.2, 0.25) is 0 Å². The van der Waals surface area contributed by atoms with Crippen LogP contribution >= 0.6 is 0 Å². The lowest BCUT2D eigenvalue weighted by Gasteiger charge is -2.48. The molecule has 4 nitrogen and oxygen atoms in total. The average molecular weight is 934 g/mol. The van der Waals surface area contributed by atoms with E-state index < -0.39 is 0 Å². The highest BCUT2D eigenvalue weighted by Gasteiger charge is 2.47. The summed E-state index contributed by atoms with van der Waals surface area (Å²) in [6.45, 7) is 19.0. The summed E-state index contributed by atoms with van der Waals surface area (Å²) in [5.41, 5.74) is 23.9. The Bertz CT molecular complexity index is 3730. The monoisotopic (exact) mass is 933 g/mol. The maximum Gasteiger partial charge on any atom is 0.252 e. The van der Waals surface area contributed by atoms with Crippen LogP contribution in [-0.4, -0.2) is 6.71 Å². The normalized spacial score (nSPS) is 15.2. The number of para-hydroxylation sites is 3. The molecule has 9 aromatic carbocycles. The Hall–Kier alpha value is -7.76. The van der Waals surface area contributed by atoms with Crippen molar-refractivity contribution in [3.8, 4) is 11.1 Å². The molecule has 1 aliphatic carbocycles. The van der Waals surface area contributed by atoms with Gasteiger partial charge in [-0.3, -0.25) is 0 Å². The predicted molar refractivity (Wildman–Crippen MR) is 307 cm³/mol. The highest BCUT2D eigenvalue weighted by Crippen LogP contribution is 2.53. The van der Waals surface area contributed by atoms with E-state index in [1.54, 1.807) is 0 Å². The Kier molecular flexibility index (Phi) is 9.90. The number of aryl methyl sites for hydroxylation is 1. The van der Waals surface area contributed by atoms with Crippen LogP contribution < -0.4 is 31.1 Å². The van der Waals surface area contributed by atoms with Gasteiger partial charge >= 0.3 is 0 Å². The van der Waals surface area contributed by atoms with Gasteiger partial charge in [0, 0.05) is 50.8 Å². The van der Waals surface area contributed by atoms with Gasteiger partial charge in [-0.15, -0.1) is 0 Å². The van der Waals surface area contributed by atoms with Gasteiger partial charge in [-0.25, -0.2) is 0 Å². The van der Waals surface area contributed by atoms with Crippen molar-refractivity contribution in [1.29, 1.82) is 0 Å². The highest BCUT2D eigenvalue weighted by atomic mass is 16.3. The molecule has 0 saturated carbocycles. The van der Waals surface area contributed by atoms with E-state index in [1.165, 1.54) is 72.5 Å². The van der Waals surface area contributed by atoms with Gasteiger partial charge in [0.25, 0.3) is 6.71 Å². The summed E-state index contributed by atoms with van der Waals surface area (Å²) in [6, 6.07) is 72.5. The van der Waals surface area contributed by atoms with Gasteiger partial charge in [-0.2, -0.15) is 0 Å². The molecule has 10 aromatic rings. The van der Waals surface area contributed by atoms with Gasteiger partial charge < -0.3 is 19.1 Å². The first-order valence-electron chi connectivity index (χ1n) is 25.8. The summed E-state index contributed by atoms with van der Waals surface area (Å²) in [4.78, 5) is 7.64. The summed E-state index contributed by atoms with van der Waals surface area (Å²) in [5, 5.41) is 2.26. The number of rotatable bonds is 6. The number of fused-ring (bicyclic) bond motifs is 8. The predicted octanol–water partition coefficient (Wildman–Crippen LogP) is 16.8. The van der Waals surface area contributed by atoms with Crippen molar-refractivity contribution in [2.75, 3.05) is 14.7 Å². The molecule has 3 heterocycles. The van der Waals surface area contributed by atoms with E-state index in [-0.39, 0.29) is 23.0 Å². The minimum absolute atomic E-state index is 0.000490. The lowest BCUT2D eigenvalue weighted by molar-refractivity contribution is 0.332. The fourth-order valence-electron chi connectivity index (χ4n) is 12.4. The van der Waals surface area contributed by atoms with Crippen molar-refractivity contribution >= 4 is 96.2 Å². The molecule has 72 heavy (non-hydrogen) atoms. The first-order chi connectivity index (χ1) is 34.7. The van der Waals surface area contributed by atoms with Crippen molar-refractivity contribution in [2.45, 2.75) is 84.5 Å². The maximum absolute atomic E-state index is 6.68. The molecule has 0 saturated heterocycles. The van der Waals surface area contributed by atoms with Crippen LogP contribution in [0.3, 0.4) is 0 Å². The molecule has 0 N–H and O–H groups in total. The van der Waals surface area contributed by atoms with Gasteiger partial charge in [0.15, 0.2) is 0 Å². The highest BCUT2D eigenvalue weighted by molar-refractivity contribution is 7.00. The average Bonchev–Trinajstić information content (AvgIpc) is 3.77. The van der Waals surface area contributed by atoms with Gasteiger partial charge in [-0.05, 0) is 165 Å². The summed E-state index contributed by atoms with van der Waals surface area (Å²) in [7, 11) is 0. The quantitative estimate of drug-likeness (QED) is 0.155. The number of hydrogen-bond acceptors (Lipinski definition) is 4.